The lowest BCUT2D eigenvalue weighted by Gasteiger charge is -2.06. The molecule has 0 saturated heterocycles. The van der Waals surface area contributed by atoms with Gasteiger partial charge < -0.3 is 15.2 Å². The minimum Gasteiger partial charge on any atom is -0.354 e. The molecule has 1 heterocycles. The molecule has 3 aromatic rings. The van der Waals surface area contributed by atoms with Crippen LogP contribution >= 0.6 is 0 Å². The lowest BCUT2D eigenvalue weighted by molar-refractivity contribution is -0.120. The standard InChI is InChI=1S/C19H17FN4O3/c20-15-8-6-13(7-9-15)12-16(25)21-10-11-22-18(26)19-23-17(24-27-19)14-4-2-1-3-5-14/h1-9H,10-12H2,(H,21,25)(H,22,26). The largest absolute Gasteiger partial charge is 0.354 e. The summed E-state index contributed by atoms with van der Waals surface area (Å²) in [6, 6.07) is 14.9. The Morgan fingerprint density at radius 2 is 1.67 bits per heavy atom. The minimum absolute atomic E-state index is 0.137. The van der Waals surface area contributed by atoms with Crippen LogP contribution in [0.5, 0.6) is 0 Å². The van der Waals surface area contributed by atoms with E-state index in [-0.39, 0.29) is 37.1 Å². The number of carbonyl (C=O) groups excluding carboxylic acids is 2. The summed E-state index contributed by atoms with van der Waals surface area (Å²) in [6.45, 7) is 0.447. The van der Waals surface area contributed by atoms with E-state index < -0.39 is 5.91 Å². The first-order valence-electron chi connectivity index (χ1n) is 8.30. The SMILES string of the molecule is O=C(Cc1ccc(F)cc1)NCCNC(=O)c1nc(-c2ccccc2)no1. The molecular formula is C19H17FN4O3. The maximum atomic E-state index is 12.8. The lowest BCUT2D eigenvalue weighted by atomic mass is 10.1. The third kappa shape index (κ3) is 5.21. The van der Waals surface area contributed by atoms with Crippen LogP contribution in [0.15, 0.2) is 59.1 Å². The van der Waals surface area contributed by atoms with Crippen molar-refractivity contribution < 1.29 is 18.5 Å². The molecule has 7 nitrogen and oxygen atoms in total. The maximum Gasteiger partial charge on any atom is 0.316 e. The van der Waals surface area contributed by atoms with Crippen LogP contribution < -0.4 is 10.6 Å². The van der Waals surface area contributed by atoms with Crippen molar-refractivity contribution in [1.82, 2.24) is 20.8 Å². The van der Waals surface area contributed by atoms with Crippen molar-refractivity contribution in [2.45, 2.75) is 6.42 Å². The van der Waals surface area contributed by atoms with E-state index in [0.29, 0.717) is 11.4 Å². The van der Waals surface area contributed by atoms with Crippen LogP contribution in [0, 0.1) is 5.82 Å². The van der Waals surface area contributed by atoms with Gasteiger partial charge in [-0.15, -0.1) is 0 Å². The first-order valence-corrected chi connectivity index (χ1v) is 8.30. The molecule has 2 N–H and O–H groups in total. The number of rotatable bonds is 7. The van der Waals surface area contributed by atoms with Crippen LogP contribution in [0.1, 0.15) is 16.2 Å². The second-order valence-electron chi connectivity index (χ2n) is 5.70. The van der Waals surface area contributed by atoms with Gasteiger partial charge in [0.2, 0.25) is 11.7 Å². The number of amides is 2. The van der Waals surface area contributed by atoms with Crippen LogP contribution in [-0.4, -0.2) is 35.0 Å². The molecule has 0 fully saturated rings. The zero-order chi connectivity index (χ0) is 19.1. The van der Waals surface area contributed by atoms with Gasteiger partial charge in [-0.3, -0.25) is 9.59 Å². The molecule has 0 saturated carbocycles. The Bertz CT molecular complexity index is 910. The topological polar surface area (TPSA) is 97.1 Å². The summed E-state index contributed by atoms with van der Waals surface area (Å²) in [5.74, 6) is -0.907. The molecule has 0 spiro atoms. The molecule has 1 aromatic heterocycles. The Labute approximate surface area is 154 Å². The average molecular weight is 368 g/mol. The molecule has 8 heteroatoms. The highest BCUT2D eigenvalue weighted by Crippen LogP contribution is 2.14. The van der Waals surface area contributed by atoms with E-state index in [4.69, 9.17) is 4.52 Å². The van der Waals surface area contributed by atoms with Crippen LogP contribution in [-0.2, 0) is 11.2 Å². The Morgan fingerprint density at radius 1 is 0.963 bits per heavy atom. The Balaban J connectivity index is 1.41. The van der Waals surface area contributed by atoms with Gasteiger partial charge in [0.25, 0.3) is 0 Å². The van der Waals surface area contributed by atoms with Gasteiger partial charge in [-0.25, -0.2) is 4.39 Å². The highest BCUT2D eigenvalue weighted by Gasteiger charge is 2.15. The molecule has 0 aliphatic heterocycles. The van der Waals surface area contributed by atoms with Gasteiger partial charge in [-0.05, 0) is 17.7 Å². The number of benzene rings is 2. The van der Waals surface area contributed by atoms with E-state index in [1.54, 1.807) is 12.1 Å². The summed E-state index contributed by atoms with van der Waals surface area (Å²) in [5.41, 5.74) is 1.45. The van der Waals surface area contributed by atoms with Gasteiger partial charge in [0.1, 0.15) is 5.82 Å². The number of aromatic nitrogens is 2. The second kappa shape index (κ2) is 8.70. The number of hydrogen-bond acceptors (Lipinski definition) is 5. The number of hydrogen-bond donors (Lipinski definition) is 2. The smallest absolute Gasteiger partial charge is 0.316 e. The van der Waals surface area contributed by atoms with Crippen molar-refractivity contribution in [3.8, 4) is 11.4 Å². The fourth-order valence-electron chi connectivity index (χ4n) is 2.32. The number of carbonyl (C=O) groups is 2. The first-order chi connectivity index (χ1) is 13.1. The molecule has 0 aliphatic rings. The summed E-state index contributed by atoms with van der Waals surface area (Å²) in [4.78, 5) is 27.9. The minimum atomic E-state index is -0.516. The van der Waals surface area contributed by atoms with Gasteiger partial charge in [-0.1, -0.05) is 47.6 Å². The Hall–Kier alpha value is -3.55. The van der Waals surface area contributed by atoms with Gasteiger partial charge in [0, 0.05) is 18.7 Å². The van der Waals surface area contributed by atoms with Gasteiger partial charge >= 0.3 is 11.8 Å². The number of nitrogens with one attached hydrogen (secondary N) is 2. The summed E-state index contributed by atoms with van der Waals surface area (Å²) in [7, 11) is 0. The van der Waals surface area contributed by atoms with Crippen molar-refractivity contribution >= 4 is 11.8 Å². The molecule has 0 radical (unpaired) electrons. The van der Waals surface area contributed by atoms with Crippen LogP contribution in [0.4, 0.5) is 4.39 Å². The Morgan fingerprint density at radius 3 is 2.41 bits per heavy atom. The molecular weight excluding hydrogens is 351 g/mol. The van der Waals surface area contributed by atoms with Crippen molar-refractivity contribution in [3.05, 3.63) is 71.9 Å². The lowest BCUT2D eigenvalue weighted by Crippen LogP contribution is -2.35. The molecule has 27 heavy (non-hydrogen) atoms. The van der Waals surface area contributed by atoms with Crippen molar-refractivity contribution in [2.24, 2.45) is 0 Å². The molecule has 0 aliphatic carbocycles. The van der Waals surface area contributed by atoms with Gasteiger partial charge in [0.15, 0.2) is 0 Å². The number of halogens is 1. The van der Waals surface area contributed by atoms with E-state index in [1.165, 1.54) is 12.1 Å². The van der Waals surface area contributed by atoms with Crippen molar-refractivity contribution in [2.75, 3.05) is 13.1 Å². The summed E-state index contributed by atoms with van der Waals surface area (Å²) < 4.78 is 17.8. The first kappa shape index (κ1) is 18.2. The molecule has 2 aromatic carbocycles. The van der Waals surface area contributed by atoms with E-state index in [1.807, 2.05) is 30.3 Å². The predicted octanol–water partition coefficient (Wildman–Crippen LogP) is 1.96. The molecule has 0 unspecified atom stereocenters. The van der Waals surface area contributed by atoms with E-state index in [2.05, 4.69) is 20.8 Å². The summed E-state index contributed by atoms with van der Waals surface area (Å²) >= 11 is 0. The van der Waals surface area contributed by atoms with Crippen molar-refractivity contribution in [3.63, 3.8) is 0 Å². The molecule has 0 bridgehead atoms. The average Bonchev–Trinajstić information content (AvgIpc) is 3.18. The predicted molar refractivity (Wildman–Crippen MR) is 95.2 cm³/mol. The van der Waals surface area contributed by atoms with Crippen LogP contribution in [0.2, 0.25) is 0 Å². The van der Waals surface area contributed by atoms with E-state index in [9.17, 15) is 14.0 Å². The molecule has 3 rings (SSSR count). The third-order valence-corrected chi connectivity index (χ3v) is 3.66. The quantitative estimate of drug-likeness (QED) is 0.622. The van der Waals surface area contributed by atoms with Crippen molar-refractivity contribution in [1.29, 1.82) is 0 Å². The van der Waals surface area contributed by atoms with E-state index >= 15 is 0 Å². The van der Waals surface area contributed by atoms with Crippen LogP contribution in [0.25, 0.3) is 11.4 Å². The Kier molecular flexibility index (Phi) is 5.88. The fraction of sp³-hybridized carbons (Fsp3) is 0.158. The summed E-state index contributed by atoms with van der Waals surface area (Å²) in [6.07, 6.45) is 0.137. The van der Waals surface area contributed by atoms with Gasteiger partial charge in [0.05, 0.1) is 6.42 Å². The summed E-state index contributed by atoms with van der Waals surface area (Å²) in [5, 5.41) is 9.03. The zero-order valence-electron chi connectivity index (χ0n) is 14.3. The highest BCUT2D eigenvalue weighted by atomic mass is 19.1. The monoisotopic (exact) mass is 368 g/mol. The van der Waals surface area contributed by atoms with Crippen LogP contribution in [0.3, 0.4) is 0 Å². The third-order valence-electron chi connectivity index (χ3n) is 3.66. The fourth-order valence-corrected chi connectivity index (χ4v) is 2.32. The number of nitrogens with zero attached hydrogens (tertiary/aromatic N) is 2. The van der Waals surface area contributed by atoms with Gasteiger partial charge in [-0.2, -0.15) is 4.98 Å². The maximum absolute atomic E-state index is 12.8. The van der Waals surface area contributed by atoms with E-state index in [0.717, 1.165) is 5.56 Å². The molecule has 0 atom stereocenters. The normalized spacial score (nSPS) is 10.4. The molecule has 138 valence electrons. The highest BCUT2D eigenvalue weighted by molar-refractivity contribution is 5.89. The molecule has 2 amide bonds. The zero-order valence-corrected chi connectivity index (χ0v) is 14.3. The second-order valence-corrected chi connectivity index (χ2v) is 5.70.